The summed E-state index contributed by atoms with van der Waals surface area (Å²) in [4.78, 5) is 20.2. The summed E-state index contributed by atoms with van der Waals surface area (Å²) < 4.78 is 0. The minimum atomic E-state index is -0.946. The van der Waals surface area contributed by atoms with Crippen molar-refractivity contribution in [2.24, 2.45) is 0 Å². The molecule has 0 saturated heterocycles. The Morgan fingerprint density at radius 2 is 2.37 bits per heavy atom. The summed E-state index contributed by atoms with van der Waals surface area (Å²) in [7, 11) is 0. The number of nitrogens with zero attached hydrogens (tertiary/aromatic N) is 2. The summed E-state index contributed by atoms with van der Waals surface area (Å²) in [5.74, 6) is -0.946. The highest BCUT2D eigenvalue weighted by Crippen LogP contribution is 2.29. The van der Waals surface area contributed by atoms with Gasteiger partial charge in [0.2, 0.25) is 0 Å². The maximum Gasteiger partial charge on any atom is 0.328 e. The van der Waals surface area contributed by atoms with E-state index in [1.54, 1.807) is 18.5 Å². The van der Waals surface area contributed by atoms with Crippen LogP contribution in [0.4, 0.5) is 0 Å². The van der Waals surface area contributed by atoms with Crippen molar-refractivity contribution in [1.82, 2.24) is 9.97 Å². The molecule has 0 spiro atoms. The predicted molar refractivity (Wildman–Crippen MR) is 76.0 cm³/mol. The van der Waals surface area contributed by atoms with Gasteiger partial charge in [-0.15, -0.1) is 11.3 Å². The first kappa shape index (κ1) is 13.4. The highest BCUT2D eigenvalue weighted by atomic mass is 32.1. The Morgan fingerprint density at radius 1 is 1.53 bits per heavy atom. The quantitative estimate of drug-likeness (QED) is 0.850. The van der Waals surface area contributed by atoms with Gasteiger partial charge in [-0.3, -0.25) is 4.98 Å². The van der Waals surface area contributed by atoms with Crippen molar-refractivity contribution >= 4 is 23.4 Å². The second kappa shape index (κ2) is 6.24. The Morgan fingerprint density at radius 3 is 3.00 bits per heavy atom. The van der Waals surface area contributed by atoms with Crippen molar-refractivity contribution in [2.75, 3.05) is 0 Å². The molecule has 5 heteroatoms. The fourth-order valence-corrected chi connectivity index (χ4v) is 2.67. The second-order valence-electron chi connectivity index (χ2n) is 3.99. The van der Waals surface area contributed by atoms with E-state index in [4.69, 9.17) is 5.11 Å². The number of aryl methyl sites for hydroxylation is 1. The number of aromatic nitrogens is 2. The van der Waals surface area contributed by atoms with Crippen molar-refractivity contribution in [1.29, 1.82) is 0 Å². The summed E-state index contributed by atoms with van der Waals surface area (Å²) in [6.07, 6.45) is 8.07. The zero-order valence-corrected chi connectivity index (χ0v) is 11.4. The maximum atomic E-state index is 10.6. The number of carboxylic acid groups (broad SMARTS) is 1. The summed E-state index contributed by atoms with van der Waals surface area (Å²) >= 11 is 1.49. The van der Waals surface area contributed by atoms with Crippen molar-refractivity contribution in [3.63, 3.8) is 0 Å². The van der Waals surface area contributed by atoms with Crippen LogP contribution in [0, 0.1) is 0 Å². The fourth-order valence-electron chi connectivity index (χ4n) is 1.67. The number of aliphatic carboxylic acids is 1. The number of hydrogen-bond donors (Lipinski definition) is 1. The van der Waals surface area contributed by atoms with Crippen molar-refractivity contribution < 1.29 is 9.90 Å². The first-order valence-corrected chi connectivity index (χ1v) is 6.83. The topological polar surface area (TPSA) is 63.1 Å². The summed E-state index contributed by atoms with van der Waals surface area (Å²) in [6, 6.07) is 3.81. The molecule has 0 atom stereocenters. The van der Waals surface area contributed by atoms with Gasteiger partial charge in [0.1, 0.15) is 5.01 Å². The molecular weight excluding hydrogens is 260 g/mol. The molecule has 0 aliphatic carbocycles. The Balaban J connectivity index is 2.37. The largest absolute Gasteiger partial charge is 0.478 e. The normalized spacial score (nSPS) is 11.0. The molecule has 0 amide bonds. The van der Waals surface area contributed by atoms with Crippen LogP contribution in [0.25, 0.3) is 16.6 Å². The molecule has 2 rings (SSSR count). The molecule has 1 N–H and O–H groups in total. The maximum absolute atomic E-state index is 10.6. The van der Waals surface area contributed by atoms with E-state index >= 15 is 0 Å². The predicted octanol–water partition coefficient (Wildman–Crippen LogP) is 3.26. The Bertz CT molecular complexity index is 591. The number of pyridine rings is 1. The lowest BCUT2D eigenvalue weighted by Gasteiger charge is -1.93. The van der Waals surface area contributed by atoms with Gasteiger partial charge >= 0.3 is 5.97 Å². The van der Waals surface area contributed by atoms with Gasteiger partial charge in [-0.2, -0.15) is 0 Å². The van der Waals surface area contributed by atoms with Gasteiger partial charge in [0, 0.05) is 24.0 Å². The smallest absolute Gasteiger partial charge is 0.328 e. The van der Waals surface area contributed by atoms with Crippen LogP contribution in [0.15, 0.2) is 30.6 Å². The Labute approximate surface area is 115 Å². The molecule has 98 valence electrons. The lowest BCUT2D eigenvalue weighted by Crippen LogP contribution is -1.88. The minimum absolute atomic E-state index is 0.843. The van der Waals surface area contributed by atoms with E-state index in [2.05, 4.69) is 16.9 Å². The van der Waals surface area contributed by atoms with Crippen LogP contribution in [0.5, 0.6) is 0 Å². The molecule has 19 heavy (non-hydrogen) atoms. The molecule has 0 bridgehead atoms. The number of rotatable bonds is 5. The molecule has 0 aromatic carbocycles. The molecule has 0 aliphatic rings. The van der Waals surface area contributed by atoms with Gasteiger partial charge in [-0.1, -0.05) is 13.3 Å². The van der Waals surface area contributed by atoms with Gasteiger partial charge in [0.25, 0.3) is 0 Å². The van der Waals surface area contributed by atoms with E-state index in [0.29, 0.717) is 0 Å². The molecule has 0 saturated carbocycles. The summed E-state index contributed by atoms with van der Waals surface area (Å²) in [6.45, 7) is 2.08. The lowest BCUT2D eigenvalue weighted by atomic mass is 10.2. The van der Waals surface area contributed by atoms with E-state index in [1.807, 2.05) is 12.1 Å². The molecule has 0 aliphatic heterocycles. The number of hydrogen-bond acceptors (Lipinski definition) is 4. The lowest BCUT2D eigenvalue weighted by molar-refractivity contribution is -0.131. The average Bonchev–Trinajstić information content (AvgIpc) is 2.81. The van der Waals surface area contributed by atoms with E-state index in [9.17, 15) is 4.79 Å². The molecule has 2 aromatic heterocycles. The zero-order valence-electron chi connectivity index (χ0n) is 10.5. The molecule has 0 unspecified atom stereocenters. The van der Waals surface area contributed by atoms with E-state index in [-0.39, 0.29) is 0 Å². The van der Waals surface area contributed by atoms with Gasteiger partial charge in [-0.25, -0.2) is 9.78 Å². The summed E-state index contributed by atoms with van der Waals surface area (Å²) in [5, 5.41) is 9.58. The first-order valence-electron chi connectivity index (χ1n) is 6.01. The summed E-state index contributed by atoms with van der Waals surface area (Å²) in [5.41, 5.74) is 1.91. The van der Waals surface area contributed by atoms with Gasteiger partial charge < -0.3 is 5.11 Å². The van der Waals surface area contributed by atoms with Crippen LogP contribution in [0.1, 0.15) is 23.9 Å². The zero-order chi connectivity index (χ0) is 13.7. The highest BCUT2D eigenvalue weighted by molar-refractivity contribution is 7.16. The Hall–Kier alpha value is -2.01. The molecule has 0 radical (unpaired) electrons. The van der Waals surface area contributed by atoms with Crippen LogP contribution in [-0.2, 0) is 11.2 Å². The van der Waals surface area contributed by atoms with E-state index in [1.165, 1.54) is 11.3 Å². The van der Waals surface area contributed by atoms with Crippen molar-refractivity contribution in [3.8, 4) is 10.6 Å². The highest BCUT2D eigenvalue weighted by Gasteiger charge is 2.10. The minimum Gasteiger partial charge on any atom is -0.478 e. The number of thiazole rings is 1. The van der Waals surface area contributed by atoms with Gasteiger partial charge in [-0.05, 0) is 24.6 Å². The molecule has 0 fully saturated rings. The Kier molecular flexibility index (Phi) is 4.41. The van der Waals surface area contributed by atoms with Crippen LogP contribution in [0.3, 0.4) is 0 Å². The molecule has 4 nitrogen and oxygen atoms in total. The monoisotopic (exact) mass is 274 g/mol. The third-order valence-corrected chi connectivity index (χ3v) is 3.61. The van der Waals surface area contributed by atoms with Crippen LogP contribution in [-0.4, -0.2) is 21.0 Å². The first-order chi connectivity index (χ1) is 9.20. The number of carboxylic acids is 1. The third kappa shape index (κ3) is 3.48. The third-order valence-electron chi connectivity index (χ3n) is 2.50. The van der Waals surface area contributed by atoms with E-state index < -0.39 is 5.97 Å². The van der Waals surface area contributed by atoms with Crippen LogP contribution >= 0.6 is 11.3 Å². The van der Waals surface area contributed by atoms with Gasteiger partial charge in [0.05, 0.1) is 10.6 Å². The van der Waals surface area contributed by atoms with Crippen LogP contribution in [0.2, 0.25) is 0 Å². The molecule has 2 aromatic rings. The molecule has 2 heterocycles. The van der Waals surface area contributed by atoms with Crippen molar-refractivity contribution in [3.05, 3.63) is 41.2 Å². The number of carbonyl (C=O) groups is 1. The average molecular weight is 274 g/mol. The SMILES string of the molecule is CCCc1nc(-c2cccnc2)sc1/C=C/C(=O)O. The molecular formula is C14H14N2O2S. The fraction of sp³-hybridized carbons (Fsp3) is 0.214. The van der Waals surface area contributed by atoms with Crippen molar-refractivity contribution in [2.45, 2.75) is 19.8 Å². The van der Waals surface area contributed by atoms with Crippen LogP contribution < -0.4 is 0 Å². The van der Waals surface area contributed by atoms with E-state index in [0.717, 1.165) is 40.1 Å². The second-order valence-corrected chi connectivity index (χ2v) is 5.02. The van der Waals surface area contributed by atoms with Gasteiger partial charge in [0.15, 0.2) is 0 Å². The standard InChI is InChI=1S/C14H14N2O2S/c1-2-4-11-12(6-7-13(17)18)19-14(16-11)10-5-3-8-15-9-10/h3,5-9H,2,4H2,1H3,(H,17,18)/b7-6+.